The van der Waals surface area contributed by atoms with Crippen LogP contribution >= 0.6 is 45.3 Å². The van der Waals surface area contributed by atoms with Crippen molar-refractivity contribution in [2.75, 3.05) is 0 Å². The highest BCUT2D eigenvalue weighted by atomic mass is 32.1. The summed E-state index contributed by atoms with van der Waals surface area (Å²) in [7, 11) is 0. The zero-order valence-electron chi connectivity index (χ0n) is 57.5. The van der Waals surface area contributed by atoms with Crippen LogP contribution in [0.15, 0.2) is 72.8 Å². The van der Waals surface area contributed by atoms with Gasteiger partial charge in [-0.25, -0.2) is 0 Å². The zero-order valence-corrected chi connectivity index (χ0v) is 60.8. The quantitative estimate of drug-likeness (QED) is 0.0282. The fraction of sp³-hybridized carbons (Fsp3) is 0.558. The van der Waals surface area contributed by atoms with E-state index in [2.05, 4.69) is 100 Å². The lowest BCUT2D eigenvalue weighted by atomic mass is 9.81. The number of hydrogen-bond donors (Lipinski definition) is 0. The highest BCUT2D eigenvalue weighted by Gasteiger charge is 2.31. The summed E-state index contributed by atoms with van der Waals surface area (Å²) >= 11 is 8.00. The molecule has 0 atom stereocenters. The summed E-state index contributed by atoms with van der Waals surface area (Å²) in [5.41, 5.74) is 2.17. The Bertz CT molecular complexity index is 3510. The molecule has 92 heavy (non-hydrogen) atoms. The number of fused-ring (bicyclic) bond motifs is 16. The van der Waals surface area contributed by atoms with Crippen LogP contribution in [-0.4, -0.2) is 11.6 Å². The van der Waals surface area contributed by atoms with Crippen molar-refractivity contribution >= 4 is 140 Å². The molecule has 1 aliphatic carbocycles. The van der Waals surface area contributed by atoms with Crippen LogP contribution in [0.3, 0.4) is 0 Å². The lowest BCUT2D eigenvalue weighted by molar-refractivity contribution is 0.0979. The van der Waals surface area contributed by atoms with Gasteiger partial charge in [-0.3, -0.25) is 9.59 Å². The molecule has 0 unspecified atom stereocenters. The highest BCUT2D eigenvalue weighted by molar-refractivity contribution is 7.23. The maximum atomic E-state index is 15.2. The Morgan fingerprint density at radius 2 is 0.370 bits per heavy atom. The number of hydrogen-bond acceptors (Lipinski definition) is 6. The Morgan fingerprint density at radius 3 is 0.554 bits per heavy atom. The fourth-order valence-corrected chi connectivity index (χ4v) is 20.5. The number of aryl methyl sites for hydroxylation is 4. The van der Waals surface area contributed by atoms with E-state index in [0.717, 1.165) is 47.2 Å². The van der Waals surface area contributed by atoms with E-state index in [0.29, 0.717) is 22.3 Å². The van der Waals surface area contributed by atoms with Gasteiger partial charge in [0, 0.05) is 104 Å². The molecule has 492 valence electrons. The van der Waals surface area contributed by atoms with Crippen LogP contribution in [0.2, 0.25) is 0 Å². The second-order valence-corrected chi connectivity index (χ2v) is 33.0. The molecule has 0 saturated carbocycles. The topological polar surface area (TPSA) is 34.1 Å². The first-order chi connectivity index (χ1) is 45.3. The molecular formula is C86H112O2S4. The molecule has 0 amide bonds. The summed E-state index contributed by atoms with van der Waals surface area (Å²) in [4.78, 5) is 36.4. The highest BCUT2D eigenvalue weighted by Crippen LogP contribution is 2.48. The Labute approximate surface area is 570 Å². The summed E-state index contributed by atoms with van der Waals surface area (Å²) < 4.78 is 5.50. The van der Waals surface area contributed by atoms with E-state index in [1.807, 2.05) is 45.3 Å². The third kappa shape index (κ3) is 17.4. The summed E-state index contributed by atoms with van der Waals surface area (Å²) in [5, 5.41) is 14.9. The molecule has 0 aliphatic heterocycles. The van der Waals surface area contributed by atoms with E-state index in [-0.39, 0.29) is 11.6 Å². The molecular weight excluding hydrogens is 1190 g/mol. The molecule has 0 fully saturated rings. The predicted molar refractivity (Wildman–Crippen MR) is 413 cm³/mol. The molecule has 0 spiro atoms. The van der Waals surface area contributed by atoms with E-state index in [4.69, 9.17) is 0 Å². The third-order valence-corrected chi connectivity index (χ3v) is 25.9. The number of rotatable bonds is 44. The molecule has 6 heteroatoms. The van der Waals surface area contributed by atoms with Crippen LogP contribution in [0.1, 0.15) is 336 Å². The Balaban J connectivity index is 0.873. The van der Waals surface area contributed by atoms with Crippen LogP contribution in [0, 0.1) is 0 Å². The minimum atomic E-state index is -0.0330. The van der Waals surface area contributed by atoms with Gasteiger partial charge in [0.05, 0.1) is 0 Å². The first kappa shape index (κ1) is 68.9. The van der Waals surface area contributed by atoms with E-state index < -0.39 is 0 Å². The van der Waals surface area contributed by atoms with Gasteiger partial charge in [0.1, 0.15) is 0 Å². The van der Waals surface area contributed by atoms with Crippen molar-refractivity contribution in [1.29, 1.82) is 0 Å². The second-order valence-electron chi connectivity index (χ2n) is 28.5. The van der Waals surface area contributed by atoms with E-state index in [9.17, 15) is 0 Å². The van der Waals surface area contributed by atoms with Gasteiger partial charge in [0.25, 0.3) is 0 Å². The van der Waals surface area contributed by atoms with Crippen LogP contribution in [0.4, 0.5) is 0 Å². The molecule has 0 saturated heterocycles. The number of unbranched alkanes of at least 4 members (excludes halogenated alkanes) is 36. The number of carbonyl (C=O) groups excluding carboxylic acids is 2. The molecule has 6 aromatic carbocycles. The van der Waals surface area contributed by atoms with Crippen molar-refractivity contribution in [3.8, 4) is 0 Å². The molecule has 0 bridgehead atoms. The smallest absolute Gasteiger partial charge is 0.194 e. The Hall–Kier alpha value is -4.46. The van der Waals surface area contributed by atoms with E-state index >= 15 is 9.59 Å². The lowest BCUT2D eigenvalue weighted by Crippen LogP contribution is -2.20. The second kappa shape index (κ2) is 35.5. The van der Waals surface area contributed by atoms with Crippen LogP contribution in [0.25, 0.3) is 83.4 Å². The van der Waals surface area contributed by atoms with Crippen molar-refractivity contribution in [3.63, 3.8) is 0 Å². The summed E-state index contributed by atoms with van der Waals surface area (Å²) in [5.74, 6) is -0.0660. The summed E-state index contributed by atoms with van der Waals surface area (Å²) in [6, 6.07) is 28.0. The number of benzene rings is 6. The average molecular weight is 1310 g/mol. The number of ketones is 2. The van der Waals surface area contributed by atoms with Crippen LogP contribution in [-0.2, 0) is 25.7 Å². The van der Waals surface area contributed by atoms with Crippen molar-refractivity contribution in [2.24, 2.45) is 0 Å². The van der Waals surface area contributed by atoms with Crippen molar-refractivity contribution in [1.82, 2.24) is 0 Å². The van der Waals surface area contributed by atoms with Crippen LogP contribution in [0.5, 0.6) is 0 Å². The van der Waals surface area contributed by atoms with Crippen molar-refractivity contribution in [2.45, 2.75) is 310 Å². The normalized spacial score (nSPS) is 12.8. The minimum Gasteiger partial charge on any atom is -0.289 e. The van der Waals surface area contributed by atoms with Crippen molar-refractivity contribution in [3.05, 3.63) is 115 Å². The number of carbonyl (C=O) groups is 2. The Morgan fingerprint density at radius 1 is 0.207 bits per heavy atom. The standard InChI is InChI=1S/C86H112O2S4/c1-5-9-13-17-21-25-29-33-37-41-45-65-57-77-78-58-66(46-42-38-34-30-26-22-18-14-10-6-2)90-84(78)74-54-62-50-70-69(49-61(62)53-73(74)83(77)89-65)81(87)71-51-63-55-75-76(56-64(63)52-72(71)82(70)88)86-80(60-68(92-86)48-44-40-36-32-28-24-20-16-12-8-4)79-59-67(91-85(75)79)47-43-39-35-31-27-23-19-15-11-7-3/h49-60H,5-48H2,1-4H3. The van der Waals surface area contributed by atoms with Gasteiger partial charge in [0.2, 0.25) is 0 Å². The molecule has 1 aliphatic rings. The molecule has 11 rings (SSSR count). The van der Waals surface area contributed by atoms with Gasteiger partial charge >= 0.3 is 0 Å². The molecule has 4 heterocycles. The maximum Gasteiger partial charge on any atom is 0.194 e. The molecule has 0 radical (unpaired) electrons. The number of thiophene rings is 4. The van der Waals surface area contributed by atoms with E-state index in [1.54, 1.807) is 0 Å². The predicted octanol–water partition coefficient (Wildman–Crippen LogP) is 29.8. The monoisotopic (exact) mass is 1300 g/mol. The first-order valence-corrected chi connectivity index (χ1v) is 41.5. The Kier molecular flexibility index (Phi) is 26.6. The average Bonchev–Trinajstić information content (AvgIpc) is 1.07. The van der Waals surface area contributed by atoms with E-state index in [1.165, 1.54) is 338 Å². The SMILES string of the molecule is CCCCCCCCCCCCc1cc2c3cc(CCCCCCCCCCCC)sc3c3cc4cc5c(cc4cc3c2s1)C(=O)c1cc2cc3c(cc2cc1C5=O)c1sc(CCCCCCCCCCCC)cc1c1cc(CCCCCCCCCCCC)sc13. The first-order valence-electron chi connectivity index (χ1n) is 38.2. The minimum absolute atomic E-state index is 0.0330. The molecule has 0 N–H and O–H groups in total. The van der Waals surface area contributed by atoms with Gasteiger partial charge in [-0.15, -0.1) is 45.3 Å². The van der Waals surface area contributed by atoms with Gasteiger partial charge in [0.15, 0.2) is 11.6 Å². The van der Waals surface area contributed by atoms with Crippen LogP contribution < -0.4 is 0 Å². The van der Waals surface area contributed by atoms with Gasteiger partial charge in [-0.05, 0) is 146 Å². The molecule has 4 aromatic heterocycles. The molecule has 10 aromatic rings. The van der Waals surface area contributed by atoms with Gasteiger partial charge in [-0.2, -0.15) is 0 Å². The molecule has 2 nitrogen and oxygen atoms in total. The lowest BCUT2D eigenvalue weighted by Gasteiger charge is -2.20. The van der Waals surface area contributed by atoms with Gasteiger partial charge < -0.3 is 0 Å². The summed E-state index contributed by atoms with van der Waals surface area (Å²) in [6.07, 6.45) is 58.6. The fourth-order valence-electron chi connectivity index (χ4n) is 15.5. The maximum absolute atomic E-state index is 15.2. The van der Waals surface area contributed by atoms with Gasteiger partial charge in [-0.1, -0.05) is 259 Å². The summed E-state index contributed by atoms with van der Waals surface area (Å²) in [6.45, 7) is 9.22. The zero-order chi connectivity index (χ0) is 63.4. The largest absolute Gasteiger partial charge is 0.289 e. The van der Waals surface area contributed by atoms with Crippen molar-refractivity contribution < 1.29 is 9.59 Å². The third-order valence-electron chi connectivity index (χ3n) is 21.0.